The zero-order valence-corrected chi connectivity index (χ0v) is 24.2. The maximum Gasteiger partial charge on any atom is 0.408 e. The summed E-state index contributed by atoms with van der Waals surface area (Å²) in [5.74, 6) is -0.496. The highest BCUT2D eigenvalue weighted by Gasteiger charge is 2.28. The van der Waals surface area contributed by atoms with Gasteiger partial charge in [-0.1, -0.05) is 30.3 Å². The second-order valence-electron chi connectivity index (χ2n) is 11.0. The molecule has 1 aliphatic rings. The second-order valence-corrected chi connectivity index (χ2v) is 11.0. The Balaban J connectivity index is 1.36. The standard InChI is InChI=1S/C31H38N6O5/c1-31(2,3)42-28(39)25(35-30(40)41-21-22-10-5-4-6-11-22)20-34-27(38)23-13-15-24(16-14-23)37-19-8-7-12-26(37)36-29-32-17-9-18-33-29/h4-6,9-11,13-18,25-26H,7-8,12,19-21H2,1-3H3,(H,34,38)(H,35,40)(H,32,33,36)/t25-,26?/m0/s1. The van der Waals surface area contributed by atoms with Gasteiger partial charge in [0.15, 0.2) is 0 Å². The Morgan fingerprint density at radius 2 is 1.69 bits per heavy atom. The predicted octanol–water partition coefficient (Wildman–Crippen LogP) is 4.27. The molecule has 3 aromatic rings. The Morgan fingerprint density at radius 3 is 2.38 bits per heavy atom. The number of rotatable bonds is 10. The Labute approximate surface area is 246 Å². The van der Waals surface area contributed by atoms with E-state index in [1.165, 1.54) is 0 Å². The minimum Gasteiger partial charge on any atom is -0.458 e. The monoisotopic (exact) mass is 574 g/mol. The molecule has 11 heteroatoms. The van der Waals surface area contributed by atoms with Gasteiger partial charge < -0.3 is 30.3 Å². The SMILES string of the molecule is CC(C)(C)OC(=O)[C@H](CNC(=O)c1ccc(N2CCCCC2Nc2ncccn2)cc1)NC(=O)OCc1ccccc1. The lowest BCUT2D eigenvalue weighted by Gasteiger charge is -2.38. The van der Waals surface area contributed by atoms with Gasteiger partial charge in [0, 0.05) is 36.7 Å². The number of esters is 1. The summed E-state index contributed by atoms with van der Waals surface area (Å²) in [6.07, 6.45) is 5.73. The van der Waals surface area contributed by atoms with Crippen molar-refractivity contribution in [3.8, 4) is 0 Å². The van der Waals surface area contributed by atoms with Crippen LogP contribution in [0.15, 0.2) is 73.1 Å². The average Bonchev–Trinajstić information content (AvgIpc) is 2.98. The summed E-state index contributed by atoms with van der Waals surface area (Å²) >= 11 is 0. The van der Waals surface area contributed by atoms with Crippen LogP contribution in [0, 0.1) is 0 Å². The number of hydrogen-bond acceptors (Lipinski definition) is 9. The topological polar surface area (TPSA) is 135 Å². The summed E-state index contributed by atoms with van der Waals surface area (Å²) in [7, 11) is 0. The lowest BCUT2D eigenvalue weighted by atomic mass is 10.1. The highest BCUT2D eigenvalue weighted by Crippen LogP contribution is 2.25. The Kier molecular flexibility index (Phi) is 10.3. The number of aromatic nitrogens is 2. The van der Waals surface area contributed by atoms with Crippen LogP contribution in [0.1, 0.15) is 56.0 Å². The van der Waals surface area contributed by atoms with Gasteiger partial charge in [-0.25, -0.2) is 19.6 Å². The van der Waals surface area contributed by atoms with Crippen molar-refractivity contribution in [1.82, 2.24) is 20.6 Å². The van der Waals surface area contributed by atoms with Crippen molar-refractivity contribution in [3.63, 3.8) is 0 Å². The van der Waals surface area contributed by atoms with E-state index in [9.17, 15) is 14.4 Å². The third-order valence-electron chi connectivity index (χ3n) is 6.49. The minimum atomic E-state index is -1.14. The van der Waals surface area contributed by atoms with Gasteiger partial charge in [-0.15, -0.1) is 0 Å². The number of alkyl carbamates (subject to hydrolysis) is 1. The van der Waals surface area contributed by atoms with Gasteiger partial charge in [0.05, 0.1) is 0 Å². The number of carbonyl (C=O) groups is 3. The first-order valence-corrected chi connectivity index (χ1v) is 14.1. The fraction of sp³-hybridized carbons (Fsp3) is 0.387. The van der Waals surface area contributed by atoms with E-state index in [4.69, 9.17) is 9.47 Å². The first-order chi connectivity index (χ1) is 20.2. The van der Waals surface area contributed by atoms with Crippen molar-refractivity contribution in [2.45, 2.75) is 64.4 Å². The summed E-state index contributed by atoms with van der Waals surface area (Å²) in [6.45, 7) is 5.91. The predicted molar refractivity (Wildman–Crippen MR) is 159 cm³/mol. The summed E-state index contributed by atoms with van der Waals surface area (Å²) < 4.78 is 10.7. The zero-order valence-electron chi connectivity index (χ0n) is 24.2. The summed E-state index contributed by atoms with van der Waals surface area (Å²) in [5.41, 5.74) is 1.41. The molecule has 0 aliphatic carbocycles. The van der Waals surface area contributed by atoms with Gasteiger partial charge in [0.1, 0.15) is 24.4 Å². The van der Waals surface area contributed by atoms with Crippen LogP contribution in [0.2, 0.25) is 0 Å². The Hall–Kier alpha value is -4.67. The van der Waals surface area contributed by atoms with Crippen LogP contribution in [-0.4, -0.2) is 58.8 Å². The molecule has 0 saturated carbocycles. The normalized spacial score (nSPS) is 15.7. The molecule has 1 unspecified atom stereocenters. The van der Waals surface area contributed by atoms with Gasteiger partial charge in [-0.2, -0.15) is 0 Å². The van der Waals surface area contributed by atoms with Crippen molar-refractivity contribution in [2.24, 2.45) is 0 Å². The molecule has 222 valence electrons. The summed E-state index contributed by atoms with van der Waals surface area (Å²) in [4.78, 5) is 49.1. The van der Waals surface area contributed by atoms with Crippen molar-refractivity contribution < 1.29 is 23.9 Å². The van der Waals surface area contributed by atoms with Crippen molar-refractivity contribution >= 4 is 29.6 Å². The molecule has 42 heavy (non-hydrogen) atoms. The number of hydrogen-bond donors (Lipinski definition) is 3. The van der Waals surface area contributed by atoms with E-state index >= 15 is 0 Å². The van der Waals surface area contributed by atoms with Crippen molar-refractivity contribution in [3.05, 3.63) is 84.2 Å². The molecule has 0 radical (unpaired) electrons. The number of nitrogens with one attached hydrogen (secondary N) is 3. The fourth-order valence-corrected chi connectivity index (χ4v) is 4.49. The molecule has 1 aromatic heterocycles. The summed E-state index contributed by atoms with van der Waals surface area (Å²) in [5, 5.41) is 8.65. The van der Waals surface area contributed by atoms with Crippen LogP contribution in [-0.2, 0) is 20.9 Å². The van der Waals surface area contributed by atoms with E-state index in [0.717, 1.165) is 37.1 Å². The van der Waals surface area contributed by atoms with Gasteiger partial charge in [0.25, 0.3) is 5.91 Å². The smallest absolute Gasteiger partial charge is 0.408 e. The maximum atomic E-state index is 13.0. The van der Waals surface area contributed by atoms with E-state index in [0.29, 0.717) is 11.5 Å². The van der Waals surface area contributed by atoms with Crippen LogP contribution in [0.25, 0.3) is 0 Å². The molecule has 1 saturated heterocycles. The minimum absolute atomic E-state index is 0.0307. The molecular formula is C31H38N6O5. The number of amides is 2. The molecule has 4 rings (SSSR count). The van der Waals surface area contributed by atoms with Crippen molar-refractivity contribution in [2.75, 3.05) is 23.3 Å². The molecule has 0 spiro atoms. The van der Waals surface area contributed by atoms with Gasteiger partial charge in [-0.3, -0.25) is 4.79 Å². The number of piperidine rings is 1. The molecule has 1 fully saturated rings. The summed E-state index contributed by atoms with van der Waals surface area (Å²) in [6, 6.07) is 17.1. The quantitative estimate of drug-likeness (QED) is 0.303. The average molecular weight is 575 g/mol. The van der Waals surface area contributed by atoms with E-state index in [1.807, 2.05) is 42.5 Å². The lowest BCUT2D eigenvalue weighted by Crippen LogP contribution is -2.50. The molecule has 2 atom stereocenters. The van der Waals surface area contributed by atoms with Gasteiger partial charge in [0.2, 0.25) is 5.95 Å². The Morgan fingerprint density at radius 1 is 0.976 bits per heavy atom. The second kappa shape index (κ2) is 14.3. The van der Waals surface area contributed by atoms with E-state index in [1.54, 1.807) is 51.4 Å². The van der Waals surface area contributed by atoms with E-state index < -0.39 is 23.7 Å². The number of nitrogens with zero attached hydrogens (tertiary/aromatic N) is 3. The number of ether oxygens (including phenoxy) is 2. The highest BCUT2D eigenvalue weighted by atomic mass is 16.6. The highest BCUT2D eigenvalue weighted by molar-refractivity contribution is 5.95. The number of benzene rings is 2. The third kappa shape index (κ3) is 9.18. The van der Waals surface area contributed by atoms with Gasteiger partial charge in [-0.05, 0) is 75.9 Å². The van der Waals surface area contributed by atoms with E-state index in [-0.39, 0.29) is 25.2 Å². The molecule has 11 nitrogen and oxygen atoms in total. The molecular weight excluding hydrogens is 536 g/mol. The Bertz CT molecular complexity index is 1320. The van der Waals surface area contributed by atoms with Crippen LogP contribution in [0.3, 0.4) is 0 Å². The molecule has 0 bridgehead atoms. The first-order valence-electron chi connectivity index (χ1n) is 14.1. The molecule has 1 aliphatic heterocycles. The third-order valence-corrected chi connectivity index (χ3v) is 6.49. The fourth-order valence-electron chi connectivity index (χ4n) is 4.49. The molecule has 2 aromatic carbocycles. The van der Waals surface area contributed by atoms with Crippen LogP contribution >= 0.6 is 0 Å². The maximum absolute atomic E-state index is 13.0. The number of carbonyl (C=O) groups excluding carboxylic acids is 3. The molecule has 2 amide bonds. The van der Waals surface area contributed by atoms with Gasteiger partial charge >= 0.3 is 12.1 Å². The van der Waals surface area contributed by atoms with Crippen LogP contribution < -0.4 is 20.9 Å². The first kappa shape index (κ1) is 30.3. The largest absolute Gasteiger partial charge is 0.458 e. The van der Waals surface area contributed by atoms with Crippen LogP contribution in [0.5, 0.6) is 0 Å². The lowest BCUT2D eigenvalue weighted by molar-refractivity contribution is -0.157. The van der Waals surface area contributed by atoms with Crippen molar-refractivity contribution in [1.29, 1.82) is 0 Å². The number of anilines is 2. The van der Waals surface area contributed by atoms with E-state index in [2.05, 4.69) is 30.8 Å². The van der Waals surface area contributed by atoms with Crippen LogP contribution in [0.4, 0.5) is 16.4 Å². The molecule has 3 N–H and O–H groups in total. The zero-order chi connectivity index (χ0) is 30.0. The molecule has 2 heterocycles.